The quantitative estimate of drug-likeness (QED) is 0.730. The van der Waals surface area contributed by atoms with Crippen LogP contribution in [0.4, 0.5) is 0 Å². The van der Waals surface area contributed by atoms with E-state index in [9.17, 15) is 4.79 Å². The molecule has 2 N–H and O–H groups in total. The number of ether oxygens (including phenoxy) is 3. The third-order valence-electron chi connectivity index (χ3n) is 3.56. The minimum Gasteiger partial charge on any atom is -0.492 e. The summed E-state index contributed by atoms with van der Waals surface area (Å²) in [5.41, 5.74) is 7.75. The minimum atomic E-state index is -0.450. The number of amides is 1. The van der Waals surface area contributed by atoms with Crippen molar-refractivity contribution in [1.29, 1.82) is 0 Å². The first kappa shape index (κ1) is 17.4. The van der Waals surface area contributed by atoms with E-state index in [1.165, 1.54) is 0 Å². The zero-order valence-corrected chi connectivity index (χ0v) is 15.5. The highest BCUT2D eigenvalue weighted by molar-refractivity contribution is 6.08. The highest BCUT2D eigenvalue weighted by atomic mass is 28.1. The molecule has 0 saturated heterocycles. The van der Waals surface area contributed by atoms with Gasteiger partial charge in [-0.15, -0.1) is 0 Å². The summed E-state index contributed by atoms with van der Waals surface area (Å²) in [6, 6.07) is 1.15. The number of methoxy groups -OCH3 is 3. The molecule has 1 rings (SSSR count). The number of hydrogen-bond donors (Lipinski definition) is 1. The average Bonchev–Trinajstić information content (AvgIpc) is 2.49. The van der Waals surface area contributed by atoms with Gasteiger partial charge in [-0.3, -0.25) is 4.79 Å². The molecule has 0 atom stereocenters. The predicted molar refractivity (Wildman–Crippen MR) is 87.1 cm³/mol. The highest BCUT2D eigenvalue weighted by Crippen LogP contribution is 2.46. The van der Waals surface area contributed by atoms with Crippen LogP contribution in [0.2, 0.25) is 6.04 Å². The molecular formula is C15H25NO4Si. The van der Waals surface area contributed by atoms with Gasteiger partial charge in [0.25, 0.3) is 0 Å². The number of benzene rings is 1. The SMILES string of the molecule is CCc1c(OC)c(OC)c(OC)c(CCC[SiH3])c1C(N)=O. The third kappa shape index (κ3) is 3.32. The summed E-state index contributed by atoms with van der Waals surface area (Å²) >= 11 is 0. The molecular weight excluding hydrogens is 286 g/mol. The van der Waals surface area contributed by atoms with Crippen LogP contribution < -0.4 is 19.9 Å². The topological polar surface area (TPSA) is 70.8 Å². The summed E-state index contributed by atoms with van der Waals surface area (Å²) in [5, 5.41) is 0. The van der Waals surface area contributed by atoms with Crippen molar-refractivity contribution in [3.8, 4) is 17.2 Å². The second-order valence-corrected chi connectivity index (χ2v) is 5.75. The second kappa shape index (κ2) is 7.92. The molecule has 0 radical (unpaired) electrons. The van der Waals surface area contributed by atoms with Crippen molar-refractivity contribution < 1.29 is 19.0 Å². The van der Waals surface area contributed by atoms with Crippen molar-refractivity contribution in [3.05, 3.63) is 16.7 Å². The lowest BCUT2D eigenvalue weighted by atomic mass is 9.93. The van der Waals surface area contributed by atoms with Crippen molar-refractivity contribution >= 4 is 16.1 Å². The van der Waals surface area contributed by atoms with Crippen molar-refractivity contribution in [2.75, 3.05) is 21.3 Å². The Kier molecular flexibility index (Phi) is 6.55. The molecule has 0 aliphatic carbocycles. The molecule has 0 bridgehead atoms. The van der Waals surface area contributed by atoms with E-state index >= 15 is 0 Å². The van der Waals surface area contributed by atoms with Crippen molar-refractivity contribution in [3.63, 3.8) is 0 Å². The van der Waals surface area contributed by atoms with Crippen LogP contribution in [0.5, 0.6) is 17.2 Å². The van der Waals surface area contributed by atoms with Crippen LogP contribution in [0.25, 0.3) is 0 Å². The number of rotatable bonds is 8. The van der Waals surface area contributed by atoms with E-state index in [0.29, 0.717) is 29.2 Å². The maximum atomic E-state index is 12.0. The van der Waals surface area contributed by atoms with Gasteiger partial charge >= 0.3 is 0 Å². The van der Waals surface area contributed by atoms with Gasteiger partial charge in [-0.1, -0.05) is 19.4 Å². The van der Waals surface area contributed by atoms with Crippen molar-refractivity contribution in [2.45, 2.75) is 32.2 Å². The van der Waals surface area contributed by atoms with Crippen molar-refractivity contribution in [1.82, 2.24) is 0 Å². The largest absolute Gasteiger partial charge is 0.492 e. The van der Waals surface area contributed by atoms with Crippen LogP contribution in [-0.4, -0.2) is 37.5 Å². The Morgan fingerprint density at radius 1 is 1.05 bits per heavy atom. The number of primary amides is 1. The monoisotopic (exact) mass is 311 g/mol. The molecule has 0 aliphatic heterocycles. The van der Waals surface area contributed by atoms with Gasteiger partial charge in [-0.2, -0.15) is 0 Å². The maximum absolute atomic E-state index is 12.0. The van der Waals surface area contributed by atoms with E-state index in [1.807, 2.05) is 6.92 Å². The number of carbonyl (C=O) groups is 1. The van der Waals surface area contributed by atoms with Crippen LogP contribution in [0.1, 0.15) is 34.8 Å². The van der Waals surface area contributed by atoms with E-state index in [1.54, 1.807) is 21.3 Å². The van der Waals surface area contributed by atoms with Gasteiger partial charge in [0.15, 0.2) is 11.5 Å². The third-order valence-corrected chi connectivity index (χ3v) is 4.26. The Bertz CT molecular complexity index is 517. The van der Waals surface area contributed by atoms with Gasteiger partial charge in [-0.25, -0.2) is 0 Å². The molecule has 118 valence electrons. The Balaban J connectivity index is 3.75. The standard InChI is InChI=1S/C15H25NO4Si/c1-5-9-11(15(16)17)10(7-6-8-21)13(19-3)14(20-4)12(9)18-2/h5-8H2,1-4,21H3,(H2,16,17). The Labute approximate surface area is 129 Å². The lowest BCUT2D eigenvalue weighted by Crippen LogP contribution is -2.19. The lowest BCUT2D eigenvalue weighted by molar-refractivity contribution is 0.0997. The predicted octanol–water partition coefficient (Wildman–Crippen LogP) is 1.09. The Morgan fingerprint density at radius 2 is 1.57 bits per heavy atom. The molecule has 6 heteroatoms. The minimum absolute atomic E-state index is 0.450. The fourth-order valence-corrected chi connectivity index (χ4v) is 2.98. The maximum Gasteiger partial charge on any atom is 0.249 e. The van der Waals surface area contributed by atoms with E-state index in [2.05, 4.69) is 0 Å². The fourth-order valence-electron chi connectivity index (χ4n) is 2.63. The highest BCUT2D eigenvalue weighted by Gasteiger charge is 2.27. The summed E-state index contributed by atoms with van der Waals surface area (Å²) in [6.45, 7) is 1.97. The first-order chi connectivity index (χ1) is 10.1. The zero-order valence-electron chi connectivity index (χ0n) is 13.5. The van der Waals surface area contributed by atoms with Crippen LogP contribution in [-0.2, 0) is 12.8 Å². The molecule has 5 nitrogen and oxygen atoms in total. The summed E-state index contributed by atoms with van der Waals surface area (Å²) in [4.78, 5) is 12.0. The molecule has 0 heterocycles. The van der Waals surface area contributed by atoms with Crippen LogP contribution in [0, 0.1) is 0 Å². The van der Waals surface area contributed by atoms with Gasteiger partial charge in [0, 0.05) is 21.4 Å². The van der Waals surface area contributed by atoms with E-state index < -0.39 is 5.91 Å². The van der Waals surface area contributed by atoms with Crippen LogP contribution in [0.3, 0.4) is 0 Å². The Morgan fingerprint density at radius 3 is 1.95 bits per heavy atom. The van der Waals surface area contributed by atoms with E-state index in [0.717, 1.165) is 40.3 Å². The molecule has 1 amide bonds. The van der Waals surface area contributed by atoms with E-state index in [-0.39, 0.29) is 0 Å². The summed E-state index contributed by atoms with van der Waals surface area (Å²) in [7, 11) is 5.82. The molecule has 0 aromatic heterocycles. The lowest BCUT2D eigenvalue weighted by Gasteiger charge is -2.22. The van der Waals surface area contributed by atoms with Gasteiger partial charge in [-0.05, 0) is 12.8 Å². The smallest absolute Gasteiger partial charge is 0.249 e. The number of carbonyl (C=O) groups excluding carboxylic acids is 1. The van der Waals surface area contributed by atoms with Crippen LogP contribution >= 0.6 is 0 Å². The van der Waals surface area contributed by atoms with Gasteiger partial charge in [0.05, 0.1) is 26.9 Å². The number of nitrogens with two attached hydrogens (primary N) is 1. The molecule has 0 unspecified atom stereocenters. The molecule has 1 aromatic carbocycles. The summed E-state index contributed by atoms with van der Waals surface area (Å²) in [6.07, 6.45) is 2.38. The molecule has 0 fully saturated rings. The zero-order chi connectivity index (χ0) is 16.0. The van der Waals surface area contributed by atoms with Gasteiger partial charge in [0.2, 0.25) is 11.7 Å². The van der Waals surface area contributed by atoms with Gasteiger partial charge in [0.1, 0.15) is 0 Å². The fraction of sp³-hybridized carbons (Fsp3) is 0.533. The molecule has 0 spiro atoms. The first-order valence-corrected chi connectivity index (χ1v) is 8.62. The molecule has 0 aliphatic rings. The summed E-state index contributed by atoms with van der Waals surface area (Å²) in [5.74, 6) is 1.16. The average molecular weight is 311 g/mol. The van der Waals surface area contributed by atoms with Crippen LogP contribution in [0.15, 0.2) is 0 Å². The molecule has 1 aromatic rings. The number of hydrogen-bond acceptors (Lipinski definition) is 4. The molecule has 21 heavy (non-hydrogen) atoms. The normalized spacial score (nSPS) is 10.5. The van der Waals surface area contributed by atoms with E-state index in [4.69, 9.17) is 19.9 Å². The summed E-state index contributed by atoms with van der Waals surface area (Å²) < 4.78 is 16.4. The van der Waals surface area contributed by atoms with Gasteiger partial charge < -0.3 is 19.9 Å². The second-order valence-electron chi connectivity index (χ2n) is 4.75. The Hall–Kier alpha value is -1.69. The first-order valence-electron chi connectivity index (χ1n) is 7.20. The molecule has 0 saturated carbocycles. The van der Waals surface area contributed by atoms with Crippen molar-refractivity contribution in [2.24, 2.45) is 5.73 Å².